The molecular weight excluding hydrogens is 482 g/mol. The molecule has 0 aliphatic heterocycles. The number of aromatic amines is 1. The summed E-state index contributed by atoms with van der Waals surface area (Å²) in [7, 11) is 0. The minimum absolute atomic E-state index is 0.0915. The van der Waals surface area contributed by atoms with E-state index in [0.29, 0.717) is 18.4 Å². The second kappa shape index (κ2) is 9.37. The van der Waals surface area contributed by atoms with Crippen LogP contribution < -0.4 is 0 Å². The van der Waals surface area contributed by atoms with Gasteiger partial charge in [0.05, 0.1) is 17.4 Å². The number of carbonyl (C=O) groups excluding carboxylic acids is 2. The monoisotopic (exact) mass is 507 g/mol. The Morgan fingerprint density at radius 1 is 0.769 bits per heavy atom. The fourth-order valence-corrected chi connectivity index (χ4v) is 5.38. The molecule has 2 aromatic heterocycles. The summed E-state index contributed by atoms with van der Waals surface area (Å²) in [5.41, 5.74) is 8.72. The molecule has 0 bridgehead atoms. The van der Waals surface area contributed by atoms with Crippen molar-refractivity contribution in [1.29, 1.82) is 0 Å². The zero-order valence-electron chi connectivity index (χ0n) is 21.2. The molecule has 5 heteroatoms. The summed E-state index contributed by atoms with van der Waals surface area (Å²) in [5.74, 6) is 0.205. The van der Waals surface area contributed by atoms with Crippen molar-refractivity contribution in [2.75, 3.05) is 0 Å². The average Bonchev–Trinajstić information content (AvgIpc) is 3.72. The Hall–Kier alpha value is -5.03. The second-order valence-corrected chi connectivity index (χ2v) is 10.1. The van der Waals surface area contributed by atoms with Gasteiger partial charge in [0.1, 0.15) is 0 Å². The fourth-order valence-electron chi connectivity index (χ4n) is 5.38. The van der Waals surface area contributed by atoms with Crippen LogP contribution in [0.4, 0.5) is 0 Å². The number of benzene rings is 4. The van der Waals surface area contributed by atoms with Gasteiger partial charge in [-0.25, -0.2) is 4.68 Å². The van der Waals surface area contributed by atoms with Crippen molar-refractivity contribution < 1.29 is 9.59 Å². The van der Waals surface area contributed by atoms with Gasteiger partial charge in [-0.1, -0.05) is 42.5 Å². The molecule has 0 fully saturated rings. The first-order valence-corrected chi connectivity index (χ1v) is 13.1. The quantitative estimate of drug-likeness (QED) is 0.238. The lowest BCUT2D eigenvalue weighted by Crippen LogP contribution is -2.04. The number of H-pyrrole nitrogens is 1. The van der Waals surface area contributed by atoms with Gasteiger partial charge in [-0.2, -0.15) is 5.10 Å². The molecule has 0 atom stereocenters. The van der Waals surface area contributed by atoms with Crippen molar-refractivity contribution in [3.05, 3.63) is 137 Å². The van der Waals surface area contributed by atoms with Crippen LogP contribution in [0.1, 0.15) is 43.0 Å². The Morgan fingerprint density at radius 2 is 1.54 bits per heavy atom. The maximum absolute atomic E-state index is 13.0. The lowest BCUT2D eigenvalue weighted by Gasteiger charge is -2.07. The summed E-state index contributed by atoms with van der Waals surface area (Å²) in [5, 5.41) is 6.62. The number of Topliss-reactive ketones (excluding diaryl/α,β-unsaturated/α-hetero) is 2. The number of ketones is 2. The Labute approximate surface area is 225 Å². The van der Waals surface area contributed by atoms with Gasteiger partial charge in [-0.05, 0) is 83.3 Å². The molecule has 6 aromatic rings. The number of rotatable bonds is 7. The number of nitrogens with zero attached hydrogens (tertiary/aromatic N) is 2. The van der Waals surface area contributed by atoms with E-state index >= 15 is 0 Å². The van der Waals surface area contributed by atoms with Gasteiger partial charge in [-0.3, -0.25) is 9.59 Å². The van der Waals surface area contributed by atoms with E-state index in [2.05, 4.69) is 28.3 Å². The third kappa shape index (κ3) is 4.38. The van der Waals surface area contributed by atoms with E-state index in [9.17, 15) is 9.59 Å². The fraction of sp³-hybridized carbons (Fsp3) is 0.0882. The van der Waals surface area contributed by atoms with Crippen LogP contribution in [0.3, 0.4) is 0 Å². The maximum Gasteiger partial charge on any atom is 0.167 e. The first-order chi connectivity index (χ1) is 19.1. The molecule has 0 radical (unpaired) electrons. The van der Waals surface area contributed by atoms with Crippen LogP contribution in [-0.4, -0.2) is 26.3 Å². The number of allylic oxidation sites excluding steroid dienone is 1. The molecule has 0 amide bonds. The molecule has 7 rings (SSSR count). The molecule has 4 aromatic carbocycles. The Bertz CT molecular complexity index is 1920. The summed E-state index contributed by atoms with van der Waals surface area (Å²) in [6.07, 6.45) is 9.56. The normalized spacial score (nSPS) is 12.3. The maximum atomic E-state index is 13.0. The highest BCUT2D eigenvalue weighted by molar-refractivity contribution is 6.01. The van der Waals surface area contributed by atoms with Gasteiger partial charge in [0.15, 0.2) is 11.6 Å². The van der Waals surface area contributed by atoms with E-state index in [-0.39, 0.29) is 11.6 Å². The highest BCUT2D eigenvalue weighted by Crippen LogP contribution is 2.24. The van der Waals surface area contributed by atoms with Crippen LogP contribution >= 0.6 is 0 Å². The molecule has 188 valence electrons. The van der Waals surface area contributed by atoms with E-state index < -0.39 is 0 Å². The van der Waals surface area contributed by atoms with Crippen LogP contribution in [0.15, 0.2) is 103 Å². The lowest BCUT2D eigenvalue weighted by molar-refractivity contribution is 0.0985. The highest BCUT2D eigenvalue weighted by Gasteiger charge is 2.14. The molecule has 5 nitrogen and oxygen atoms in total. The largest absolute Gasteiger partial charge is 0.361 e. The molecule has 0 unspecified atom stereocenters. The summed E-state index contributed by atoms with van der Waals surface area (Å²) >= 11 is 0. The van der Waals surface area contributed by atoms with Crippen LogP contribution in [0.25, 0.3) is 33.6 Å². The van der Waals surface area contributed by atoms with E-state index in [4.69, 9.17) is 0 Å². The SMILES string of the molecule is O=C(Cc1ccc2c(cnn2-c2ccc(CC(=O)c3ccc4[nH]ccc4c3)cc2)c1)c1ccc2c(c1)C=CC2. The van der Waals surface area contributed by atoms with Gasteiger partial charge >= 0.3 is 0 Å². The molecule has 0 spiro atoms. The first-order valence-electron chi connectivity index (χ1n) is 13.1. The van der Waals surface area contributed by atoms with Crippen molar-refractivity contribution >= 4 is 39.4 Å². The number of fused-ring (bicyclic) bond motifs is 3. The van der Waals surface area contributed by atoms with Crippen LogP contribution in [0.2, 0.25) is 0 Å². The minimum Gasteiger partial charge on any atom is -0.361 e. The number of hydrogen-bond donors (Lipinski definition) is 1. The number of aromatic nitrogens is 3. The number of carbonyl (C=O) groups is 2. The minimum atomic E-state index is 0.0915. The van der Waals surface area contributed by atoms with Gasteiger partial charge in [0, 0.05) is 46.5 Å². The van der Waals surface area contributed by atoms with E-state index in [1.54, 1.807) is 0 Å². The predicted octanol–water partition coefficient (Wildman–Crippen LogP) is 6.93. The van der Waals surface area contributed by atoms with Crippen molar-refractivity contribution in [1.82, 2.24) is 14.8 Å². The topological polar surface area (TPSA) is 67.8 Å². The van der Waals surface area contributed by atoms with E-state index in [1.165, 1.54) is 5.56 Å². The third-order valence-electron chi connectivity index (χ3n) is 7.52. The highest BCUT2D eigenvalue weighted by atomic mass is 16.1. The second-order valence-electron chi connectivity index (χ2n) is 10.1. The number of nitrogens with one attached hydrogen (secondary N) is 1. The Morgan fingerprint density at radius 3 is 2.41 bits per heavy atom. The summed E-state index contributed by atoms with van der Waals surface area (Å²) in [6, 6.07) is 27.7. The molecular formula is C34H25N3O2. The molecule has 1 aliphatic carbocycles. The zero-order chi connectivity index (χ0) is 26.3. The van der Waals surface area contributed by atoms with Gasteiger partial charge in [0.25, 0.3) is 0 Å². The standard InChI is InChI=1S/C34H25N3O2/c38-33(28-9-12-31-26(20-28)14-15-35-31)17-22-4-10-30(11-5-22)37-32-13-6-23(16-29(32)21-36-37)18-34(39)27-8-7-24-2-1-3-25(24)19-27/h1,3-16,19-21,35H,2,17-18H2. The Kier molecular flexibility index (Phi) is 5.55. The average molecular weight is 508 g/mol. The molecule has 2 heterocycles. The summed E-state index contributed by atoms with van der Waals surface area (Å²) < 4.78 is 1.89. The number of hydrogen-bond acceptors (Lipinski definition) is 3. The van der Waals surface area contributed by atoms with Gasteiger partial charge in [-0.15, -0.1) is 0 Å². The van der Waals surface area contributed by atoms with E-state index in [1.807, 2.05) is 95.9 Å². The van der Waals surface area contributed by atoms with Gasteiger partial charge < -0.3 is 4.98 Å². The molecule has 1 N–H and O–H groups in total. The van der Waals surface area contributed by atoms with Crippen molar-refractivity contribution in [3.63, 3.8) is 0 Å². The summed E-state index contributed by atoms with van der Waals surface area (Å²) in [4.78, 5) is 29.0. The first kappa shape index (κ1) is 23.1. The summed E-state index contributed by atoms with van der Waals surface area (Å²) in [6.45, 7) is 0. The van der Waals surface area contributed by atoms with Crippen molar-refractivity contribution in [2.45, 2.75) is 19.3 Å². The van der Waals surface area contributed by atoms with Crippen molar-refractivity contribution in [2.24, 2.45) is 0 Å². The van der Waals surface area contributed by atoms with E-state index in [0.717, 1.165) is 56.2 Å². The van der Waals surface area contributed by atoms with Crippen molar-refractivity contribution in [3.8, 4) is 5.69 Å². The predicted molar refractivity (Wildman–Crippen MR) is 155 cm³/mol. The molecule has 0 saturated heterocycles. The smallest absolute Gasteiger partial charge is 0.167 e. The van der Waals surface area contributed by atoms with Crippen LogP contribution in [-0.2, 0) is 19.3 Å². The van der Waals surface area contributed by atoms with Crippen LogP contribution in [0, 0.1) is 0 Å². The molecule has 39 heavy (non-hydrogen) atoms. The van der Waals surface area contributed by atoms with Gasteiger partial charge in [0.2, 0.25) is 0 Å². The van der Waals surface area contributed by atoms with Crippen LogP contribution in [0.5, 0.6) is 0 Å². The zero-order valence-corrected chi connectivity index (χ0v) is 21.2. The Balaban J connectivity index is 1.06. The molecule has 1 aliphatic rings. The molecule has 0 saturated carbocycles. The third-order valence-corrected chi connectivity index (χ3v) is 7.52. The lowest BCUT2D eigenvalue weighted by atomic mass is 9.99.